The van der Waals surface area contributed by atoms with Crippen LogP contribution in [0.5, 0.6) is 0 Å². The van der Waals surface area contributed by atoms with Crippen molar-refractivity contribution in [2.24, 2.45) is 0 Å². The van der Waals surface area contributed by atoms with Gasteiger partial charge < -0.3 is 15.5 Å². The molecule has 0 bridgehead atoms. The molecule has 0 saturated carbocycles. The summed E-state index contributed by atoms with van der Waals surface area (Å²) in [7, 11) is 0. The summed E-state index contributed by atoms with van der Waals surface area (Å²) in [6.45, 7) is 1.34. The second kappa shape index (κ2) is 6.84. The molecule has 5 rings (SSSR count). The molecule has 1 saturated heterocycles. The summed E-state index contributed by atoms with van der Waals surface area (Å²) in [5.74, 6) is 0.554. The van der Waals surface area contributed by atoms with Crippen molar-refractivity contribution in [1.82, 2.24) is 14.8 Å². The minimum Gasteiger partial charge on any atom is -0.398 e. The first kappa shape index (κ1) is 18.1. The number of alkyl halides is 1. The Hall–Kier alpha value is -3.93. The van der Waals surface area contributed by atoms with Crippen LogP contribution in [0.15, 0.2) is 42.7 Å². The summed E-state index contributed by atoms with van der Waals surface area (Å²) >= 11 is 0. The normalized spacial score (nSPS) is 18.0. The van der Waals surface area contributed by atoms with Crippen molar-refractivity contribution in [3.05, 3.63) is 59.5 Å². The van der Waals surface area contributed by atoms with Gasteiger partial charge in [0.05, 0.1) is 41.8 Å². The van der Waals surface area contributed by atoms with Crippen LogP contribution in [0.4, 0.5) is 21.6 Å². The average Bonchev–Trinajstić information content (AvgIpc) is 3.45. The average molecular weight is 403 g/mol. The zero-order valence-corrected chi connectivity index (χ0v) is 16.0. The molecular formula is C21H18FN7O. The Morgan fingerprint density at radius 1 is 1.23 bits per heavy atom. The maximum Gasteiger partial charge on any atom is 0.262 e. The molecule has 150 valence electrons. The first-order chi connectivity index (χ1) is 14.5. The third kappa shape index (κ3) is 2.93. The van der Waals surface area contributed by atoms with Crippen LogP contribution in [0.25, 0.3) is 5.69 Å². The number of carbonyl (C=O) groups is 1. The number of anilines is 3. The van der Waals surface area contributed by atoms with Crippen molar-refractivity contribution in [3.8, 4) is 11.8 Å². The summed E-state index contributed by atoms with van der Waals surface area (Å²) in [4.78, 5) is 20.8. The van der Waals surface area contributed by atoms with Gasteiger partial charge in [0.1, 0.15) is 18.1 Å². The van der Waals surface area contributed by atoms with E-state index in [1.807, 2.05) is 23.1 Å². The van der Waals surface area contributed by atoms with E-state index in [2.05, 4.69) is 10.1 Å². The van der Waals surface area contributed by atoms with Crippen molar-refractivity contribution < 1.29 is 9.18 Å². The minimum absolute atomic E-state index is 0.180. The van der Waals surface area contributed by atoms with Gasteiger partial charge in [0, 0.05) is 24.1 Å². The van der Waals surface area contributed by atoms with Crippen LogP contribution in [-0.4, -0.2) is 39.9 Å². The molecule has 9 heteroatoms. The summed E-state index contributed by atoms with van der Waals surface area (Å²) in [5.41, 5.74) is 8.97. The van der Waals surface area contributed by atoms with E-state index in [1.54, 1.807) is 40.2 Å². The molecule has 2 aromatic heterocycles. The molecular weight excluding hydrogens is 385 g/mol. The SMILES string of the molecule is N#Cc1cc(N2Cc3nn(-c4ccc(N5CC[C@H](F)C5)nc4)cc3C2=O)ccc1N. The van der Waals surface area contributed by atoms with Crippen LogP contribution < -0.4 is 15.5 Å². The van der Waals surface area contributed by atoms with Gasteiger partial charge >= 0.3 is 0 Å². The molecule has 0 spiro atoms. The topological polar surface area (TPSA) is 104 Å². The van der Waals surface area contributed by atoms with Crippen LogP contribution in [0.1, 0.15) is 28.0 Å². The number of nitriles is 1. The van der Waals surface area contributed by atoms with Gasteiger partial charge in [0.25, 0.3) is 5.91 Å². The Balaban J connectivity index is 1.37. The number of hydrogen-bond donors (Lipinski definition) is 1. The van der Waals surface area contributed by atoms with E-state index in [9.17, 15) is 14.4 Å². The van der Waals surface area contributed by atoms with Gasteiger partial charge in [-0.2, -0.15) is 10.4 Å². The molecule has 0 aliphatic carbocycles. The first-order valence-corrected chi connectivity index (χ1v) is 9.59. The third-order valence-corrected chi connectivity index (χ3v) is 5.49. The predicted octanol–water partition coefficient (Wildman–Crippen LogP) is 2.43. The van der Waals surface area contributed by atoms with Gasteiger partial charge in [0.2, 0.25) is 0 Å². The van der Waals surface area contributed by atoms with E-state index in [-0.39, 0.29) is 5.91 Å². The van der Waals surface area contributed by atoms with E-state index >= 15 is 0 Å². The molecule has 30 heavy (non-hydrogen) atoms. The Morgan fingerprint density at radius 2 is 2.07 bits per heavy atom. The van der Waals surface area contributed by atoms with E-state index in [4.69, 9.17) is 5.73 Å². The van der Waals surface area contributed by atoms with E-state index in [1.165, 1.54) is 0 Å². The van der Waals surface area contributed by atoms with Gasteiger partial charge in [-0.3, -0.25) is 4.79 Å². The smallest absolute Gasteiger partial charge is 0.262 e. The highest BCUT2D eigenvalue weighted by Gasteiger charge is 2.32. The second-order valence-corrected chi connectivity index (χ2v) is 7.42. The number of fused-ring (bicyclic) bond motifs is 1. The summed E-state index contributed by atoms with van der Waals surface area (Å²) in [5, 5.41) is 13.7. The summed E-state index contributed by atoms with van der Waals surface area (Å²) < 4.78 is 15.0. The molecule has 0 radical (unpaired) electrons. The van der Waals surface area contributed by atoms with E-state index in [0.29, 0.717) is 54.3 Å². The lowest BCUT2D eigenvalue weighted by Gasteiger charge is -2.17. The highest BCUT2D eigenvalue weighted by Crippen LogP contribution is 2.30. The number of amides is 1. The minimum atomic E-state index is -0.806. The van der Waals surface area contributed by atoms with Gasteiger partial charge in [-0.15, -0.1) is 0 Å². The molecule has 2 N–H and O–H groups in total. The molecule has 3 aromatic rings. The van der Waals surface area contributed by atoms with Gasteiger partial charge in [-0.25, -0.2) is 14.1 Å². The van der Waals surface area contributed by atoms with Crippen molar-refractivity contribution >= 4 is 23.1 Å². The Labute approximate surface area is 171 Å². The summed E-state index contributed by atoms with van der Waals surface area (Å²) in [6.07, 6.45) is 3.08. The molecule has 1 amide bonds. The Bertz CT molecular complexity index is 1180. The number of nitrogen functional groups attached to an aromatic ring is 1. The van der Waals surface area contributed by atoms with Crippen LogP contribution in [-0.2, 0) is 6.54 Å². The first-order valence-electron chi connectivity index (χ1n) is 9.59. The number of hydrogen-bond acceptors (Lipinski definition) is 6. The quantitative estimate of drug-likeness (QED) is 0.674. The van der Waals surface area contributed by atoms with E-state index < -0.39 is 6.17 Å². The fourth-order valence-electron chi connectivity index (χ4n) is 3.85. The number of nitrogens with zero attached hydrogens (tertiary/aromatic N) is 6. The zero-order chi connectivity index (χ0) is 20.8. The number of aromatic nitrogens is 3. The van der Waals surface area contributed by atoms with Crippen molar-refractivity contribution in [2.75, 3.05) is 28.6 Å². The van der Waals surface area contributed by atoms with Crippen molar-refractivity contribution in [3.63, 3.8) is 0 Å². The number of pyridine rings is 1. The highest BCUT2D eigenvalue weighted by atomic mass is 19.1. The lowest BCUT2D eigenvalue weighted by Crippen LogP contribution is -2.24. The fraction of sp³-hybridized carbons (Fsp3) is 0.238. The molecule has 8 nitrogen and oxygen atoms in total. The monoisotopic (exact) mass is 403 g/mol. The number of benzene rings is 1. The van der Waals surface area contributed by atoms with Crippen LogP contribution in [0.3, 0.4) is 0 Å². The molecule has 1 atom stereocenters. The molecule has 4 heterocycles. The predicted molar refractivity (Wildman–Crippen MR) is 109 cm³/mol. The highest BCUT2D eigenvalue weighted by molar-refractivity contribution is 6.09. The third-order valence-electron chi connectivity index (χ3n) is 5.49. The van der Waals surface area contributed by atoms with Gasteiger partial charge in [-0.05, 0) is 36.8 Å². The lowest BCUT2D eigenvalue weighted by atomic mass is 10.1. The van der Waals surface area contributed by atoms with Crippen LogP contribution >= 0.6 is 0 Å². The molecule has 0 unspecified atom stereocenters. The van der Waals surface area contributed by atoms with Gasteiger partial charge in [0.15, 0.2) is 0 Å². The lowest BCUT2D eigenvalue weighted by molar-refractivity contribution is 0.0996. The second-order valence-electron chi connectivity index (χ2n) is 7.42. The largest absolute Gasteiger partial charge is 0.398 e. The number of rotatable bonds is 3. The van der Waals surface area contributed by atoms with Crippen LogP contribution in [0, 0.1) is 11.3 Å². The fourth-order valence-corrected chi connectivity index (χ4v) is 3.85. The van der Waals surface area contributed by atoms with Gasteiger partial charge in [-0.1, -0.05) is 0 Å². The number of halogens is 1. The number of carbonyl (C=O) groups excluding carboxylic acids is 1. The molecule has 1 aromatic carbocycles. The Morgan fingerprint density at radius 3 is 2.73 bits per heavy atom. The van der Waals surface area contributed by atoms with Crippen molar-refractivity contribution in [1.29, 1.82) is 5.26 Å². The molecule has 1 fully saturated rings. The number of nitrogens with two attached hydrogens (primary N) is 1. The maximum atomic E-state index is 13.4. The van der Waals surface area contributed by atoms with E-state index in [0.717, 1.165) is 11.5 Å². The summed E-state index contributed by atoms with van der Waals surface area (Å²) in [6, 6.07) is 10.7. The standard InChI is InChI=1S/C21H18FN7O/c22-14-5-6-27(10-14)20-4-2-16(9-25-20)29-11-17-19(26-29)12-28(21(17)30)15-1-3-18(24)13(7-15)8-23/h1-4,7,9,11,14H,5-6,10,12,24H2/t14-/m0/s1. The molecule has 2 aliphatic rings. The van der Waals surface area contributed by atoms with Crippen LogP contribution in [0.2, 0.25) is 0 Å². The molecule has 2 aliphatic heterocycles. The Kier molecular flexibility index (Phi) is 4.13. The maximum absolute atomic E-state index is 13.4. The zero-order valence-electron chi connectivity index (χ0n) is 16.0. The van der Waals surface area contributed by atoms with Crippen molar-refractivity contribution in [2.45, 2.75) is 19.1 Å².